The lowest BCUT2D eigenvalue weighted by Crippen LogP contribution is -2.19. The Kier molecular flexibility index (Phi) is 5.97. The molecule has 1 saturated carbocycles. The van der Waals surface area contributed by atoms with Crippen molar-refractivity contribution in [2.75, 3.05) is 12.3 Å². The Morgan fingerprint density at radius 1 is 1.25 bits per heavy atom. The maximum atomic E-state index is 9.39. The van der Waals surface area contributed by atoms with E-state index in [0.717, 1.165) is 28.8 Å². The van der Waals surface area contributed by atoms with Gasteiger partial charge < -0.3 is 16.6 Å². The van der Waals surface area contributed by atoms with Gasteiger partial charge in [-0.1, -0.05) is 31.9 Å². The minimum atomic E-state index is -0.236. The van der Waals surface area contributed by atoms with E-state index in [1.165, 1.54) is 25.7 Å². The fraction of sp³-hybridized carbons (Fsp3) is 0.320. The lowest BCUT2D eigenvalue weighted by Gasteiger charge is -2.22. The van der Waals surface area contributed by atoms with Gasteiger partial charge in [-0.3, -0.25) is 4.68 Å². The van der Waals surface area contributed by atoms with Gasteiger partial charge in [-0.15, -0.1) is 0 Å². The van der Waals surface area contributed by atoms with E-state index in [1.54, 1.807) is 12.1 Å². The number of nitrogens with zero attached hydrogens (tertiary/aromatic N) is 4. The number of pyridine rings is 1. The third-order valence-corrected chi connectivity index (χ3v) is 6.19. The van der Waals surface area contributed by atoms with Gasteiger partial charge in [-0.2, -0.15) is 10.4 Å². The van der Waals surface area contributed by atoms with Crippen molar-refractivity contribution in [3.8, 4) is 28.5 Å². The maximum absolute atomic E-state index is 9.39. The van der Waals surface area contributed by atoms with Crippen LogP contribution in [-0.4, -0.2) is 26.5 Å². The summed E-state index contributed by atoms with van der Waals surface area (Å²) in [5.41, 5.74) is 17.5. The number of aliphatic hydroxyl groups is 1. The van der Waals surface area contributed by atoms with Gasteiger partial charge in [0.05, 0.1) is 18.5 Å². The molecule has 7 nitrogen and oxygen atoms in total. The third-order valence-electron chi connectivity index (χ3n) is 6.19. The summed E-state index contributed by atoms with van der Waals surface area (Å²) in [5, 5.41) is 23.2. The normalized spacial score (nSPS) is 15.6. The zero-order valence-electron chi connectivity index (χ0n) is 18.3. The number of hydrogen-bond acceptors (Lipinski definition) is 6. The van der Waals surface area contributed by atoms with Gasteiger partial charge in [0.2, 0.25) is 0 Å². The Bertz CT molecular complexity index is 1200. The smallest absolute Gasteiger partial charge is 0.141 e. The number of aliphatic hydroxyl groups excluding tert-OH is 1. The molecule has 164 valence electrons. The SMILES string of the molecule is CC1(Cn2cc(-c3ccc(C#N)nc3-c3ccc(/C=C(\N)CO)c(N)c3)cn2)CCCC1. The van der Waals surface area contributed by atoms with Gasteiger partial charge in [0.1, 0.15) is 11.8 Å². The molecule has 0 unspecified atom stereocenters. The van der Waals surface area contributed by atoms with E-state index >= 15 is 0 Å². The third kappa shape index (κ3) is 4.51. The quantitative estimate of drug-likeness (QED) is 0.510. The highest BCUT2D eigenvalue weighted by atomic mass is 16.3. The molecule has 0 spiro atoms. The van der Waals surface area contributed by atoms with Crippen LogP contribution in [0.25, 0.3) is 28.5 Å². The Morgan fingerprint density at radius 2 is 2.03 bits per heavy atom. The van der Waals surface area contributed by atoms with E-state index in [2.05, 4.69) is 29.3 Å². The topological polar surface area (TPSA) is 127 Å². The number of hydrogen-bond donors (Lipinski definition) is 3. The van der Waals surface area contributed by atoms with E-state index in [9.17, 15) is 5.26 Å². The standard InChI is InChI=1S/C25H28N6O/c1-25(8-2-3-9-25)16-31-14-19(13-29-31)22-7-6-21(12-26)30-24(22)18-5-4-17(23(28)11-18)10-20(27)15-32/h4-7,10-11,13-14,32H,2-3,8-9,15-16,27-28H2,1H3/b20-10-. The van der Waals surface area contributed by atoms with Crippen molar-refractivity contribution in [3.05, 3.63) is 59.7 Å². The van der Waals surface area contributed by atoms with Gasteiger partial charge in [0.25, 0.3) is 0 Å². The Morgan fingerprint density at radius 3 is 2.72 bits per heavy atom. The first kappa shape index (κ1) is 21.6. The van der Waals surface area contributed by atoms with Crippen molar-refractivity contribution >= 4 is 11.8 Å². The molecule has 1 aliphatic rings. The average Bonchev–Trinajstić information content (AvgIpc) is 3.43. The molecule has 5 N–H and O–H groups in total. The number of anilines is 1. The predicted molar refractivity (Wildman–Crippen MR) is 126 cm³/mol. The van der Waals surface area contributed by atoms with Gasteiger partial charge in [-0.05, 0) is 48.1 Å². The molecule has 0 radical (unpaired) electrons. The van der Waals surface area contributed by atoms with E-state index in [1.807, 2.05) is 35.1 Å². The van der Waals surface area contributed by atoms with Crippen LogP contribution < -0.4 is 11.5 Å². The number of aromatic nitrogens is 3. The van der Waals surface area contributed by atoms with Crippen LogP contribution in [0, 0.1) is 16.7 Å². The highest BCUT2D eigenvalue weighted by Crippen LogP contribution is 2.39. The molecule has 0 atom stereocenters. The van der Waals surface area contributed by atoms with Crippen molar-refractivity contribution < 1.29 is 5.11 Å². The molecular formula is C25H28N6O. The van der Waals surface area contributed by atoms with Crippen molar-refractivity contribution in [1.82, 2.24) is 14.8 Å². The zero-order chi connectivity index (χ0) is 22.7. The molecule has 2 heterocycles. The Hall–Kier alpha value is -3.63. The van der Waals surface area contributed by atoms with E-state index in [4.69, 9.17) is 16.6 Å². The lowest BCUT2D eigenvalue weighted by atomic mass is 9.89. The zero-order valence-corrected chi connectivity index (χ0v) is 18.3. The summed E-state index contributed by atoms with van der Waals surface area (Å²) in [6, 6.07) is 11.3. The van der Waals surface area contributed by atoms with Crippen LogP contribution in [0.3, 0.4) is 0 Å². The number of nitrogen functional groups attached to an aromatic ring is 1. The Labute approximate surface area is 188 Å². The average molecular weight is 429 g/mol. The van der Waals surface area contributed by atoms with Crippen LogP contribution in [0.2, 0.25) is 0 Å². The molecule has 0 saturated heterocycles. The second-order valence-electron chi connectivity index (χ2n) is 8.87. The molecule has 7 heteroatoms. The monoisotopic (exact) mass is 428 g/mol. The molecule has 4 rings (SSSR count). The minimum absolute atomic E-state index is 0.236. The van der Waals surface area contributed by atoms with Crippen molar-refractivity contribution in [1.29, 1.82) is 5.26 Å². The second kappa shape index (κ2) is 8.85. The largest absolute Gasteiger partial charge is 0.400 e. The summed E-state index contributed by atoms with van der Waals surface area (Å²) >= 11 is 0. The van der Waals surface area contributed by atoms with Gasteiger partial charge >= 0.3 is 0 Å². The first-order chi connectivity index (χ1) is 15.4. The second-order valence-corrected chi connectivity index (χ2v) is 8.87. The molecule has 0 bridgehead atoms. The van der Waals surface area contributed by atoms with Crippen LogP contribution in [0.1, 0.15) is 43.9 Å². The fourth-order valence-corrected chi connectivity index (χ4v) is 4.44. The maximum Gasteiger partial charge on any atom is 0.141 e. The summed E-state index contributed by atoms with van der Waals surface area (Å²) in [6.07, 6.45) is 10.6. The molecule has 0 aliphatic heterocycles. The summed E-state index contributed by atoms with van der Waals surface area (Å²) in [7, 11) is 0. The number of nitriles is 1. The molecule has 3 aromatic rings. The molecule has 1 aliphatic carbocycles. The fourth-order valence-electron chi connectivity index (χ4n) is 4.44. The van der Waals surface area contributed by atoms with Crippen LogP contribution in [0.15, 0.2) is 48.4 Å². The summed E-state index contributed by atoms with van der Waals surface area (Å²) in [5.74, 6) is 0. The molecule has 32 heavy (non-hydrogen) atoms. The van der Waals surface area contributed by atoms with Crippen LogP contribution in [-0.2, 0) is 6.54 Å². The molecule has 2 aromatic heterocycles. The first-order valence-corrected chi connectivity index (χ1v) is 10.8. The van der Waals surface area contributed by atoms with Crippen LogP contribution >= 0.6 is 0 Å². The van der Waals surface area contributed by atoms with Crippen LogP contribution in [0.4, 0.5) is 5.69 Å². The predicted octanol–water partition coefficient (Wildman–Crippen LogP) is 3.94. The van der Waals surface area contributed by atoms with E-state index in [-0.39, 0.29) is 6.61 Å². The number of nitrogens with two attached hydrogens (primary N) is 2. The van der Waals surface area contributed by atoms with Crippen molar-refractivity contribution in [3.63, 3.8) is 0 Å². The van der Waals surface area contributed by atoms with E-state index < -0.39 is 0 Å². The minimum Gasteiger partial charge on any atom is -0.400 e. The van der Waals surface area contributed by atoms with Crippen LogP contribution in [0.5, 0.6) is 0 Å². The van der Waals surface area contributed by atoms with Crippen molar-refractivity contribution in [2.24, 2.45) is 11.1 Å². The Balaban J connectivity index is 1.72. The summed E-state index contributed by atoms with van der Waals surface area (Å²) in [6.45, 7) is 2.99. The summed E-state index contributed by atoms with van der Waals surface area (Å²) < 4.78 is 2.02. The van der Waals surface area contributed by atoms with Gasteiger partial charge in [0.15, 0.2) is 0 Å². The molecule has 1 aromatic carbocycles. The number of benzene rings is 1. The van der Waals surface area contributed by atoms with Gasteiger partial charge in [0, 0.05) is 40.8 Å². The summed E-state index contributed by atoms with van der Waals surface area (Å²) in [4.78, 5) is 4.58. The van der Waals surface area contributed by atoms with E-state index in [0.29, 0.717) is 28.2 Å². The highest BCUT2D eigenvalue weighted by Gasteiger charge is 2.29. The van der Waals surface area contributed by atoms with Crippen molar-refractivity contribution in [2.45, 2.75) is 39.2 Å². The molecule has 1 fully saturated rings. The number of rotatable bonds is 6. The molecule has 0 amide bonds. The highest BCUT2D eigenvalue weighted by molar-refractivity contribution is 5.83. The lowest BCUT2D eigenvalue weighted by molar-refractivity contribution is 0.268. The first-order valence-electron chi connectivity index (χ1n) is 10.8. The molecular weight excluding hydrogens is 400 g/mol. The van der Waals surface area contributed by atoms with Gasteiger partial charge in [-0.25, -0.2) is 4.98 Å².